The first-order valence-corrected chi connectivity index (χ1v) is 7.77. The molecule has 3 heteroatoms. The summed E-state index contributed by atoms with van der Waals surface area (Å²) in [5, 5.41) is 1.06. The number of nitrogens with zero attached hydrogens (tertiary/aromatic N) is 2. The predicted octanol–water partition coefficient (Wildman–Crippen LogP) is 3.81. The van der Waals surface area contributed by atoms with Crippen LogP contribution in [0.3, 0.4) is 0 Å². The molecule has 0 unspecified atom stereocenters. The van der Waals surface area contributed by atoms with E-state index in [1.807, 2.05) is 37.3 Å². The Morgan fingerprint density at radius 2 is 2.13 bits per heavy atom. The van der Waals surface area contributed by atoms with E-state index in [4.69, 9.17) is 4.98 Å². The van der Waals surface area contributed by atoms with Gasteiger partial charge in [-0.1, -0.05) is 31.7 Å². The smallest absolute Gasteiger partial charge is 0.259 e. The van der Waals surface area contributed by atoms with Gasteiger partial charge in [0.05, 0.1) is 16.9 Å². The van der Waals surface area contributed by atoms with Crippen molar-refractivity contribution >= 4 is 10.9 Å². The minimum atomic E-state index is 0.0713. The molecule has 1 aliphatic heterocycles. The van der Waals surface area contributed by atoms with Gasteiger partial charge in [0.15, 0.2) is 0 Å². The Labute approximate surface area is 134 Å². The van der Waals surface area contributed by atoms with Crippen LogP contribution in [0.25, 0.3) is 28.0 Å². The highest BCUT2D eigenvalue weighted by atomic mass is 16.1. The van der Waals surface area contributed by atoms with Crippen molar-refractivity contribution in [3.63, 3.8) is 0 Å². The second-order valence-corrected chi connectivity index (χ2v) is 5.69. The second-order valence-electron chi connectivity index (χ2n) is 5.69. The molecule has 3 heterocycles. The number of para-hydroxylation sites is 1. The highest BCUT2D eigenvalue weighted by molar-refractivity contribution is 5.90. The van der Waals surface area contributed by atoms with E-state index in [0.29, 0.717) is 6.42 Å². The fourth-order valence-electron chi connectivity index (χ4n) is 3.27. The van der Waals surface area contributed by atoms with E-state index >= 15 is 0 Å². The molecule has 3 nitrogen and oxygen atoms in total. The molecule has 0 N–H and O–H groups in total. The number of rotatable bonds is 3. The van der Waals surface area contributed by atoms with Crippen molar-refractivity contribution < 1.29 is 0 Å². The standard InChI is InChI=1S/C20H16N2O/c1-3-5-8-13-11-17-19-18(22(17)20(23)15(13)4-2)12-14-9-6-7-10-16(14)21-19/h5-7,9-12H,1,4,8H2,2H3. The Hall–Kier alpha value is -2.90. The molecule has 0 radical (unpaired) electrons. The molecule has 0 aliphatic carbocycles. The van der Waals surface area contributed by atoms with E-state index < -0.39 is 0 Å². The largest absolute Gasteiger partial charge is 0.273 e. The summed E-state index contributed by atoms with van der Waals surface area (Å²) in [5.74, 6) is 0. The van der Waals surface area contributed by atoms with Gasteiger partial charge in [0, 0.05) is 10.9 Å². The molecule has 4 rings (SSSR count). The van der Waals surface area contributed by atoms with Crippen LogP contribution in [0, 0.1) is 0 Å². The lowest BCUT2D eigenvalue weighted by Crippen LogP contribution is -2.31. The molecule has 0 spiro atoms. The number of fused-ring (bicyclic) bond motifs is 5. The summed E-state index contributed by atoms with van der Waals surface area (Å²) in [6.45, 7) is 5.62. The highest BCUT2D eigenvalue weighted by Gasteiger charge is 2.28. The van der Waals surface area contributed by atoms with Gasteiger partial charge in [-0.05, 0) is 42.7 Å². The Kier molecular flexibility index (Phi) is 3.03. The Bertz CT molecular complexity index is 1050. The van der Waals surface area contributed by atoms with Gasteiger partial charge in [-0.3, -0.25) is 9.36 Å². The van der Waals surface area contributed by atoms with Crippen molar-refractivity contribution in [1.29, 1.82) is 0 Å². The molecule has 112 valence electrons. The molecule has 3 aromatic rings. The van der Waals surface area contributed by atoms with Crippen LogP contribution in [-0.2, 0) is 12.8 Å². The molecule has 0 fully saturated rings. The molecule has 23 heavy (non-hydrogen) atoms. The van der Waals surface area contributed by atoms with Gasteiger partial charge in [-0.25, -0.2) is 4.98 Å². The van der Waals surface area contributed by atoms with Crippen molar-refractivity contribution in [1.82, 2.24) is 9.55 Å². The molecule has 0 amide bonds. The van der Waals surface area contributed by atoms with Crippen LogP contribution in [0.5, 0.6) is 0 Å². The quantitative estimate of drug-likeness (QED) is 0.539. The molecule has 0 atom stereocenters. The van der Waals surface area contributed by atoms with Crippen LogP contribution < -0.4 is 5.56 Å². The summed E-state index contributed by atoms with van der Waals surface area (Å²) < 4.78 is 1.79. The van der Waals surface area contributed by atoms with Gasteiger partial charge in [0.2, 0.25) is 0 Å². The maximum Gasteiger partial charge on any atom is 0.259 e. The zero-order chi connectivity index (χ0) is 16.0. The predicted molar refractivity (Wildman–Crippen MR) is 93.1 cm³/mol. The van der Waals surface area contributed by atoms with Crippen molar-refractivity contribution in [2.45, 2.75) is 19.8 Å². The van der Waals surface area contributed by atoms with E-state index in [-0.39, 0.29) is 5.56 Å². The molecule has 2 aromatic heterocycles. The summed E-state index contributed by atoms with van der Waals surface area (Å²) >= 11 is 0. The number of benzene rings is 1. The lowest BCUT2D eigenvalue weighted by Gasteiger charge is -2.27. The van der Waals surface area contributed by atoms with E-state index in [1.165, 1.54) is 0 Å². The van der Waals surface area contributed by atoms with E-state index in [2.05, 4.69) is 24.4 Å². The third-order valence-corrected chi connectivity index (χ3v) is 4.41. The third-order valence-electron chi connectivity index (χ3n) is 4.41. The molecule has 1 aliphatic rings. The maximum absolute atomic E-state index is 12.8. The van der Waals surface area contributed by atoms with Gasteiger partial charge >= 0.3 is 0 Å². The summed E-state index contributed by atoms with van der Waals surface area (Å²) in [5.41, 5.74) is 8.43. The zero-order valence-electron chi connectivity index (χ0n) is 13.0. The van der Waals surface area contributed by atoms with E-state index in [9.17, 15) is 4.79 Å². The number of allylic oxidation sites excluding steroid dienone is 1. The average molecular weight is 300 g/mol. The van der Waals surface area contributed by atoms with E-state index in [1.54, 1.807) is 4.57 Å². The number of hydrogen-bond donors (Lipinski definition) is 0. The lowest BCUT2D eigenvalue weighted by atomic mass is 9.96. The minimum absolute atomic E-state index is 0.0713. The highest BCUT2D eigenvalue weighted by Crippen LogP contribution is 2.37. The van der Waals surface area contributed by atoms with Gasteiger partial charge in [-0.15, -0.1) is 5.73 Å². The summed E-state index contributed by atoms with van der Waals surface area (Å²) in [6.07, 6.45) is 3.26. The number of pyridine rings is 2. The molecular formula is C20H16N2O. The second kappa shape index (κ2) is 5.08. The topological polar surface area (TPSA) is 34.9 Å². The van der Waals surface area contributed by atoms with Gasteiger partial charge in [0.25, 0.3) is 5.56 Å². The molecule has 0 bridgehead atoms. The van der Waals surface area contributed by atoms with Gasteiger partial charge in [-0.2, -0.15) is 0 Å². The van der Waals surface area contributed by atoms with Crippen LogP contribution in [0.2, 0.25) is 0 Å². The fourth-order valence-corrected chi connectivity index (χ4v) is 3.27. The maximum atomic E-state index is 12.8. The Balaban J connectivity index is 1.97. The fraction of sp³-hybridized carbons (Fsp3) is 0.150. The number of aromatic nitrogens is 2. The monoisotopic (exact) mass is 300 g/mol. The first kappa shape index (κ1) is 13.7. The van der Waals surface area contributed by atoms with Crippen LogP contribution in [0.1, 0.15) is 18.1 Å². The summed E-state index contributed by atoms with van der Waals surface area (Å²) in [7, 11) is 0. The molecule has 0 saturated heterocycles. The molecule has 1 aromatic carbocycles. The van der Waals surface area contributed by atoms with E-state index in [0.717, 1.165) is 45.5 Å². The van der Waals surface area contributed by atoms with Crippen molar-refractivity contribution in [2.75, 3.05) is 0 Å². The first-order valence-electron chi connectivity index (χ1n) is 7.77. The summed E-state index contributed by atoms with van der Waals surface area (Å²) in [4.78, 5) is 17.6. The normalized spacial score (nSPS) is 11.3. The van der Waals surface area contributed by atoms with Crippen LogP contribution in [0.15, 0.2) is 59.6 Å². The van der Waals surface area contributed by atoms with Gasteiger partial charge in [0.1, 0.15) is 5.69 Å². The van der Waals surface area contributed by atoms with Crippen LogP contribution >= 0.6 is 0 Å². The van der Waals surface area contributed by atoms with Crippen molar-refractivity contribution in [3.05, 3.63) is 76.3 Å². The van der Waals surface area contributed by atoms with Crippen LogP contribution in [-0.4, -0.2) is 9.55 Å². The summed E-state index contributed by atoms with van der Waals surface area (Å²) in [6, 6.07) is 12.1. The minimum Gasteiger partial charge on any atom is -0.273 e. The number of hydrogen-bond acceptors (Lipinski definition) is 2. The Morgan fingerprint density at radius 1 is 1.30 bits per heavy atom. The van der Waals surface area contributed by atoms with Crippen LogP contribution in [0.4, 0.5) is 0 Å². The molecule has 0 saturated carbocycles. The van der Waals surface area contributed by atoms with Crippen molar-refractivity contribution in [3.8, 4) is 17.1 Å². The SMILES string of the molecule is C=C=CCc1cc2n(c(=O)c1CC)-c1cc3ccccc3nc1-2. The first-order chi connectivity index (χ1) is 11.2. The third kappa shape index (κ3) is 1.91. The lowest BCUT2D eigenvalue weighted by molar-refractivity contribution is 0.880. The zero-order valence-corrected chi connectivity index (χ0v) is 13.0. The van der Waals surface area contributed by atoms with Crippen molar-refractivity contribution in [2.24, 2.45) is 0 Å². The average Bonchev–Trinajstić information content (AvgIpc) is 2.57. The Morgan fingerprint density at radius 3 is 2.91 bits per heavy atom. The molecular weight excluding hydrogens is 284 g/mol. The van der Waals surface area contributed by atoms with Gasteiger partial charge < -0.3 is 0 Å².